The minimum atomic E-state index is -0.107. The molecule has 0 spiro atoms. The van der Waals surface area contributed by atoms with E-state index in [0.29, 0.717) is 35.7 Å². The van der Waals surface area contributed by atoms with E-state index in [1.165, 1.54) is 9.65 Å². The summed E-state index contributed by atoms with van der Waals surface area (Å²) in [6.07, 6.45) is 3.45. The smallest absolute Gasteiger partial charge is 0.299 e. The number of benzene rings is 1. The molecule has 35 heavy (non-hydrogen) atoms. The van der Waals surface area contributed by atoms with Gasteiger partial charge in [0.05, 0.1) is 13.6 Å². The molecular weight excluding hydrogens is 450 g/mol. The van der Waals surface area contributed by atoms with Crippen LogP contribution in [-0.2, 0) is 13.6 Å². The van der Waals surface area contributed by atoms with Gasteiger partial charge in [-0.2, -0.15) is 9.72 Å². The zero-order valence-corrected chi connectivity index (χ0v) is 19.4. The van der Waals surface area contributed by atoms with Gasteiger partial charge in [0.15, 0.2) is 5.82 Å². The molecule has 0 radical (unpaired) electrons. The van der Waals surface area contributed by atoms with Crippen molar-refractivity contribution in [3.05, 3.63) is 59.9 Å². The number of hydrogen-bond donors (Lipinski definition) is 2. The molecule has 1 saturated heterocycles. The van der Waals surface area contributed by atoms with Gasteiger partial charge in [0.1, 0.15) is 0 Å². The predicted molar refractivity (Wildman–Crippen MR) is 127 cm³/mol. The topological polar surface area (TPSA) is 132 Å². The maximum Gasteiger partial charge on any atom is 0.299 e. The second kappa shape index (κ2) is 10.5. The third-order valence-corrected chi connectivity index (χ3v) is 5.68. The highest BCUT2D eigenvalue weighted by Gasteiger charge is 2.14. The lowest BCUT2D eigenvalue weighted by Crippen LogP contribution is -2.46. The fourth-order valence-electron chi connectivity index (χ4n) is 3.86. The van der Waals surface area contributed by atoms with Crippen molar-refractivity contribution in [3.63, 3.8) is 0 Å². The van der Waals surface area contributed by atoms with Crippen LogP contribution in [0, 0.1) is 0 Å². The van der Waals surface area contributed by atoms with Crippen LogP contribution in [0.5, 0.6) is 0 Å². The van der Waals surface area contributed by atoms with E-state index in [1.807, 2.05) is 12.1 Å². The maximum absolute atomic E-state index is 12.5. The number of carbonyl (C=O) groups excluding carboxylic acids is 1. The summed E-state index contributed by atoms with van der Waals surface area (Å²) in [7, 11) is 1.62. The molecule has 1 fully saturated rings. The number of hydrogen-bond acceptors (Lipinski definition) is 9. The van der Waals surface area contributed by atoms with Crippen molar-refractivity contribution >= 4 is 17.3 Å². The van der Waals surface area contributed by atoms with Crippen molar-refractivity contribution < 1.29 is 13.9 Å². The van der Waals surface area contributed by atoms with Gasteiger partial charge in [0.25, 0.3) is 17.3 Å². The van der Waals surface area contributed by atoms with Crippen LogP contribution in [-0.4, -0.2) is 79.9 Å². The van der Waals surface area contributed by atoms with Crippen molar-refractivity contribution in [2.75, 3.05) is 39.3 Å². The van der Waals surface area contributed by atoms with Gasteiger partial charge in [-0.3, -0.25) is 19.3 Å². The van der Waals surface area contributed by atoms with Gasteiger partial charge in [0, 0.05) is 62.8 Å². The van der Waals surface area contributed by atoms with Crippen molar-refractivity contribution in [2.24, 2.45) is 7.05 Å². The van der Waals surface area contributed by atoms with Crippen LogP contribution >= 0.6 is 0 Å². The van der Waals surface area contributed by atoms with Crippen molar-refractivity contribution in [1.29, 1.82) is 0 Å². The summed E-state index contributed by atoms with van der Waals surface area (Å²) in [6, 6.07) is 10.9. The van der Waals surface area contributed by atoms with Crippen molar-refractivity contribution in [2.45, 2.75) is 6.54 Å². The maximum atomic E-state index is 12.5. The lowest BCUT2D eigenvalue weighted by atomic mass is 10.1. The molecule has 0 saturated carbocycles. The van der Waals surface area contributed by atoms with E-state index in [-0.39, 0.29) is 11.6 Å². The number of nitrogens with one attached hydrogen (secondary N) is 2. The molecule has 4 heterocycles. The molecule has 3 aromatic heterocycles. The zero-order valence-electron chi connectivity index (χ0n) is 19.4. The first-order chi connectivity index (χ1) is 17.2. The predicted octanol–water partition coefficient (Wildman–Crippen LogP) is 1.22. The molecular formula is C23H27N9O3. The number of piperazine rings is 1. The first kappa shape index (κ1) is 22.7. The number of nitrogens with zero attached hydrogens (tertiary/aromatic N) is 7. The fourth-order valence-corrected chi connectivity index (χ4v) is 3.86. The van der Waals surface area contributed by atoms with Gasteiger partial charge in [-0.15, -0.1) is 10.2 Å². The molecule has 1 aromatic carbocycles. The lowest BCUT2D eigenvalue weighted by molar-refractivity contribution is -0.00146. The van der Waals surface area contributed by atoms with Crippen LogP contribution in [0.3, 0.4) is 0 Å². The second-order valence-corrected chi connectivity index (χ2v) is 8.20. The van der Waals surface area contributed by atoms with Gasteiger partial charge >= 0.3 is 0 Å². The summed E-state index contributed by atoms with van der Waals surface area (Å²) in [4.78, 5) is 24.7. The number of aryl methyl sites for hydroxylation is 1. The Morgan fingerprint density at radius 1 is 1.14 bits per heavy atom. The van der Waals surface area contributed by atoms with E-state index in [2.05, 4.69) is 35.7 Å². The first-order valence-electron chi connectivity index (χ1n) is 11.5. The largest absolute Gasteiger partial charge is 0.351 e. The van der Waals surface area contributed by atoms with Crippen LogP contribution in [0.1, 0.15) is 15.9 Å². The Labute approximate surface area is 201 Å². The Balaban J connectivity index is 1.28. The lowest BCUT2D eigenvalue weighted by Gasteiger charge is -2.27. The van der Waals surface area contributed by atoms with E-state index in [1.54, 1.807) is 43.7 Å². The third-order valence-electron chi connectivity index (χ3n) is 5.68. The molecule has 1 aliphatic heterocycles. The summed E-state index contributed by atoms with van der Waals surface area (Å²) in [5.74, 6) is 0.273. The molecule has 4 aromatic rings. The van der Waals surface area contributed by atoms with E-state index in [0.717, 1.165) is 38.3 Å². The average Bonchev–Trinajstić information content (AvgIpc) is 2.89. The molecule has 1 aliphatic rings. The average molecular weight is 478 g/mol. The number of amides is 1. The molecule has 0 atom stereocenters. The van der Waals surface area contributed by atoms with E-state index < -0.39 is 0 Å². The summed E-state index contributed by atoms with van der Waals surface area (Å²) < 4.78 is 12.7. The molecule has 0 aliphatic carbocycles. The molecule has 2 N–H and O–H groups in total. The zero-order chi connectivity index (χ0) is 24.0. The molecule has 12 heteroatoms. The minimum Gasteiger partial charge on any atom is -0.351 e. The Kier molecular flexibility index (Phi) is 6.82. The van der Waals surface area contributed by atoms with E-state index in [9.17, 15) is 4.79 Å². The molecule has 0 unspecified atom stereocenters. The molecule has 1 amide bonds. The highest BCUT2D eigenvalue weighted by atomic mass is 16.8. The van der Waals surface area contributed by atoms with Crippen LogP contribution in [0.2, 0.25) is 0 Å². The van der Waals surface area contributed by atoms with E-state index >= 15 is 0 Å². The number of rotatable bonds is 7. The summed E-state index contributed by atoms with van der Waals surface area (Å²) in [6.45, 7) is 5.84. The molecule has 5 rings (SSSR count). The summed E-state index contributed by atoms with van der Waals surface area (Å²) in [5.41, 5.74) is 2.85. The van der Waals surface area contributed by atoms with Crippen molar-refractivity contribution in [3.8, 4) is 11.4 Å². The number of pyridine rings is 1. The number of carbonyl (C=O) groups is 1. The van der Waals surface area contributed by atoms with Gasteiger partial charge in [-0.25, -0.2) is 0 Å². The Bertz CT molecular complexity index is 1310. The van der Waals surface area contributed by atoms with Crippen LogP contribution < -0.4 is 10.6 Å². The standard InChI is InChI=1S/C23H27N9O3/c1-30-34-23-21(32(35-30)16-17-3-2-8-25-15-17)29-28-20(27-23)18-4-6-19(7-5-18)22(33)26-11-14-31-12-9-24-10-13-31/h2-8,15,24H,9-14,16H2,1H3,(H,26,33). The second-order valence-electron chi connectivity index (χ2n) is 8.20. The third kappa shape index (κ3) is 5.55. The normalized spacial score (nSPS) is 14.2. The van der Waals surface area contributed by atoms with Gasteiger partial charge < -0.3 is 15.2 Å². The highest BCUT2D eigenvalue weighted by Crippen LogP contribution is 2.18. The summed E-state index contributed by atoms with van der Waals surface area (Å²) in [5, 5.41) is 14.8. The fraction of sp³-hybridized carbons (Fsp3) is 0.348. The Hall–Kier alpha value is -4.03. The summed E-state index contributed by atoms with van der Waals surface area (Å²) >= 11 is 0. The van der Waals surface area contributed by atoms with Crippen LogP contribution in [0.4, 0.5) is 0 Å². The van der Waals surface area contributed by atoms with Gasteiger partial charge in [-0.05, 0) is 28.7 Å². The Morgan fingerprint density at radius 3 is 2.74 bits per heavy atom. The molecule has 0 bridgehead atoms. The van der Waals surface area contributed by atoms with Crippen LogP contribution in [0.15, 0.2) is 57.9 Å². The van der Waals surface area contributed by atoms with Gasteiger partial charge in [-0.1, -0.05) is 18.2 Å². The molecule has 12 nitrogen and oxygen atoms in total. The SMILES string of the molecule is Cn1oc2nc(-c3ccc(C(=O)NCCN4CCNCC4)cc3)nnc2n(Cc2cccnc2)o1. The van der Waals surface area contributed by atoms with Crippen LogP contribution in [0.25, 0.3) is 22.7 Å². The quantitative estimate of drug-likeness (QED) is 0.403. The highest BCUT2D eigenvalue weighted by molar-refractivity contribution is 5.94. The monoisotopic (exact) mass is 477 g/mol. The number of aromatic nitrogens is 6. The Morgan fingerprint density at radius 2 is 1.97 bits per heavy atom. The minimum absolute atomic E-state index is 0.107. The number of fused-ring (bicyclic) bond motifs is 1. The van der Waals surface area contributed by atoms with E-state index in [4.69, 9.17) is 9.15 Å². The van der Waals surface area contributed by atoms with Gasteiger partial charge in [0.2, 0.25) is 0 Å². The first-order valence-corrected chi connectivity index (χ1v) is 11.5. The van der Waals surface area contributed by atoms with Crippen molar-refractivity contribution in [1.82, 2.24) is 45.4 Å². The molecule has 182 valence electrons.